The maximum atomic E-state index is 12.7. The quantitative estimate of drug-likeness (QED) is 0.888. The second kappa shape index (κ2) is 10.1. The van der Waals surface area contributed by atoms with Crippen molar-refractivity contribution in [3.8, 4) is 0 Å². The number of hydrogen-bond acceptors (Lipinski definition) is 3. The normalized spacial score (nSPS) is 17.1. The monoisotopic (exact) mass is 347 g/mol. The molecule has 1 aromatic carbocycles. The number of likely N-dealkylation sites (N-methyl/N-ethyl adjacent to an activating group) is 1. The van der Waals surface area contributed by atoms with E-state index in [4.69, 9.17) is 0 Å². The van der Waals surface area contributed by atoms with E-state index in [-0.39, 0.29) is 30.7 Å². The highest BCUT2D eigenvalue weighted by Crippen LogP contribution is 2.20. The van der Waals surface area contributed by atoms with Gasteiger partial charge in [0.25, 0.3) is 5.91 Å². The molecular formula is C16H27Cl2N3O. The van der Waals surface area contributed by atoms with Crippen molar-refractivity contribution in [1.82, 2.24) is 15.1 Å². The average molecular weight is 348 g/mol. The molecule has 0 spiro atoms. The SMILES string of the molecule is CNCC1CCCN1C(=O)c1cccc(CN(C)C)c1.Cl.Cl. The molecule has 0 radical (unpaired) electrons. The van der Waals surface area contributed by atoms with Gasteiger partial charge in [-0.2, -0.15) is 0 Å². The van der Waals surface area contributed by atoms with Gasteiger partial charge in [-0.1, -0.05) is 12.1 Å². The molecule has 0 aliphatic carbocycles. The number of nitrogens with zero attached hydrogens (tertiary/aromatic N) is 2. The fourth-order valence-electron chi connectivity index (χ4n) is 2.88. The highest BCUT2D eigenvalue weighted by atomic mass is 35.5. The van der Waals surface area contributed by atoms with E-state index in [2.05, 4.69) is 16.3 Å². The van der Waals surface area contributed by atoms with Crippen LogP contribution in [-0.2, 0) is 6.54 Å². The van der Waals surface area contributed by atoms with Crippen molar-refractivity contribution in [1.29, 1.82) is 0 Å². The number of benzene rings is 1. The minimum absolute atomic E-state index is 0. The lowest BCUT2D eigenvalue weighted by molar-refractivity contribution is 0.0737. The Balaban J connectivity index is 0.00000220. The van der Waals surface area contributed by atoms with Gasteiger partial charge in [0.1, 0.15) is 0 Å². The van der Waals surface area contributed by atoms with Crippen molar-refractivity contribution in [2.24, 2.45) is 0 Å². The van der Waals surface area contributed by atoms with Crippen molar-refractivity contribution in [2.45, 2.75) is 25.4 Å². The van der Waals surface area contributed by atoms with E-state index < -0.39 is 0 Å². The summed E-state index contributed by atoms with van der Waals surface area (Å²) in [6.45, 7) is 2.62. The number of hydrogen-bond donors (Lipinski definition) is 1. The van der Waals surface area contributed by atoms with Crippen LogP contribution >= 0.6 is 24.8 Å². The van der Waals surface area contributed by atoms with Crippen molar-refractivity contribution < 1.29 is 4.79 Å². The molecule has 1 atom stereocenters. The molecular weight excluding hydrogens is 321 g/mol. The molecule has 0 saturated carbocycles. The van der Waals surface area contributed by atoms with Crippen molar-refractivity contribution >= 4 is 30.7 Å². The van der Waals surface area contributed by atoms with Crippen LogP contribution in [0, 0.1) is 0 Å². The van der Waals surface area contributed by atoms with Gasteiger partial charge >= 0.3 is 0 Å². The zero-order valence-corrected chi connectivity index (χ0v) is 15.2. The molecule has 1 fully saturated rings. The Morgan fingerprint density at radius 2 is 2.09 bits per heavy atom. The summed E-state index contributed by atoms with van der Waals surface area (Å²) in [5, 5.41) is 3.18. The second-order valence-electron chi connectivity index (χ2n) is 5.79. The Labute approximate surface area is 146 Å². The predicted octanol–water partition coefficient (Wildman–Crippen LogP) is 2.42. The number of amides is 1. The first-order valence-corrected chi connectivity index (χ1v) is 7.31. The molecule has 1 heterocycles. The second-order valence-corrected chi connectivity index (χ2v) is 5.79. The summed E-state index contributed by atoms with van der Waals surface area (Å²) >= 11 is 0. The van der Waals surface area contributed by atoms with Gasteiger partial charge < -0.3 is 15.1 Å². The predicted molar refractivity (Wildman–Crippen MR) is 96.3 cm³/mol. The standard InChI is InChI=1S/C16H25N3O.2ClH/c1-17-11-15-8-5-9-19(15)16(20)14-7-4-6-13(10-14)12-18(2)3;;/h4,6-7,10,15,17H,5,8-9,11-12H2,1-3H3;2*1H. The lowest BCUT2D eigenvalue weighted by atomic mass is 10.1. The number of carbonyl (C=O) groups excluding carboxylic acids is 1. The summed E-state index contributed by atoms with van der Waals surface area (Å²) < 4.78 is 0. The van der Waals surface area contributed by atoms with Crippen LogP contribution in [0.4, 0.5) is 0 Å². The van der Waals surface area contributed by atoms with Crippen molar-refractivity contribution in [2.75, 3.05) is 34.2 Å². The molecule has 1 aliphatic rings. The molecule has 1 aromatic rings. The van der Waals surface area contributed by atoms with E-state index in [1.165, 1.54) is 5.56 Å². The fourth-order valence-corrected chi connectivity index (χ4v) is 2.88. The molecule has 4 nitrogen and oxygen atoms in total. The van der Waals surface area contributed by atoms with Crippen LogP contribution in [-0.4, -0.2) is 56.0 Å². The Hall–Kier alpha value is -0.810. The smallest absolute Gasteiger partial charge is 0.254 e. The molecule has 0 bridgehead atoms. The van der Waals surface area contributed by atoms with E-state index in [9.17, 15) is 4.79 Å². The third-order valence-electron chi connectivity index (χ3n) is 3.75. The first kappa shape index (κ1) is 21.2. The maximum absolute atomic E-state index is 12.7. The van der Waals surface area contributed by atoms with Gasteiger partial charge in [-0.15, -0.1) is 24.8 Å². The Morgan fingerprint density at radius 1 is 1.36 bits per heavy atom. The number of rotatable bonds is 5. The van der Waals surface area contributed by atoms with Crippen molar-refractivity contribution in [3.63, 3.8) is 0 Å². The largest absolute Gasteiger partial charge is 0.334 e. The van der Waals surface area contributed by atoms with Gasteiger partial charge in [0.05, 0.1) is 0 Å². The van der Waals surface area contributed by atoms with E-state index in [1.54, 1.807) is 0 Å². The van der Waals surface area contributed by atoms with E-state index in [1.807, 2.05) is 44.2 Å². The Bertz CT molecular complexity index is 468. The highest BCUT2D eigenvalue weighted by Gasteiger charge is 2.28. The summed E-state index contributed by atoms with van der Waals surface area (Å²) in [4.78, 5) is 16.8. The number of carbonyl (C=O) groups is 1. The Morgan fingerprint density at radius 3 is 2.73 bits per heavy atom. The molecule has 0 aromatic heterocycles. The van der Waals surface area contributed by atoms with Gasteiger partial charge in [-0.3, -0.25) is 4.79 Å². The van der Waals surface area contributed by atoms with Gasteiger partial charge in [0, 0.05) is 31.2 Å². The van der Waals surface area contributed by atoms with E-state index in [0.29, 0.717) is 6.04 Å². The molecule has 1 amide bonds. The average Bonchev–Trinajstić information content (AvgIpc) is 2.86. The third kappa shape index (κ3) is 5.43. The molecule has 6 heteroatoms. The minimum Gasteiger partial charge on any atom is -0.334 e. The topological polar surface area (TPSA) is 35.6 Å². The van der Waals surface area contributed by atoms with Gasteiger partial charge in [-0.05, 0) is 51.7 Å². The molecule has 1 N–H and O–H groups in total. The molecule has 1 unspecified atom stereocenters. The summed E-state index contributed by atoms with van der Waals surface area (Å²) in [7, 11) is 6.02. The lowest BCUT2D eigenvalue weighted by Gasteiger charge is -2.25. The first-order valence-electron chi connectivity index (χ1n) is 7.31. The third-order valence-corrected chi connectivity index (χ3v) is 3.75. The molecule has 1 aliphatic heterocycles. The van der Waals surface area contributed by atoms with Crippen molar-refractivity contribution in [3.05, 3.63) is 35.4 Å². The molecule has 1 saturated heterocycles. The van der Waals surface area contributed by atoms with E-state index >= 15 is 0 Å². The Kier molecular flexibility index (Phi) is 9.69. The van der Waals surface area contributed by atoms with Crippen LogP contribution in [0.5, 0.6) is 0 Å². The van der Waals surface area contributed by atoms with E-state index in [0.717, 1.165) is 38.0 Å². The lowest BCUT2D eigenvalue weighted by Crippen LogP contribution is -2.40. The molecule has 2 rings (SSSR count). The maximum Gasteiger partial charge on any atom is 0.254 e. The summed E-state index contributed by atoms with van der Waals surface area (Å²) in [5.74, 6) is 0.170. The molecule has 126 valence electrons. The number of halogens is 2. The summed E-state index contributed by atoms with van der Waals surface area (Å²) in [6, 6.07) is 8.35. The number of likely N-dealkylation sites (tertiary alicyclic amines) is 1. The van der Waals surface area contributed by atoms with Gasteiger partial charge in [-0.25, -0.2) is 0 Å². The van der Waals surface area contributed by atoms with Crippen LogP contribution in [0.2, 0.25) is 0 Å². The molecule has 22 heavy (non-hydrogen) atoms. The first-order chi connectivity index (χ1) is 9.61. The zero-order chi connectivity index (χ0) is 14.5. The number of nitrogens with one attached hydrogen (secondary N) is 1. The van der Waals surface area contributed by atoms with Crippen LogP contribution in [0.15, 0.2) is 24.3 Å². The van der Waals surface area contributed by atoms with Crippen LogP contribution in [0.3, 0.4) is 0 Å². The summed E-state index contributed by atoms with van der Waals surface area (Å²) in [5.41, 5.74) is 2.00. The van der Waals surface area contributed by atoms with Gasteiger partial charge in [0.15, 0.2) is 0 Å². The van der Waals surface area contributed by atoms with Crippen LogP contribution < -0.4 is 5.32 Å². The van der Waals surface area contributed by atoms with Crippen LogP contribution in [0.1, 0.15) is 28.8 Å². The fraction of sp³-hybridized carbons (Fsp3) is 0.562. The highest BCUT2D eigenvalue weighted by molar-refractivity contribution is 5.94. The van der Waals surface area contributed by atoms with Crippen LogP contribution in [0.25, 0.3) is 0 Å². The van der Waals surface area contributed by atoms with Gasteiger partial charge in [0.2, 0.25) is 0 Å². The zero-order valence-electron chi connectivity index (χ0n) is 13.5. The summed E-state index contributed by atoms with van der Waals surface area (Å²) in [6.07, 6.45) is 2.21. The minimum atomic E-state index is 0.